The van der Waals surface area contributed by atoms with E-state index in [1.165, 1.54) is 0 Å². The SMILES string of the molecule is O=C1[C@@H](C#Cc2ccccc2)N(Cc2ccccc2)c2ccccc2N1Cc1ccccc1. The Morgan fingerprint density at radius 1 is 0.606 bits per heavy atom. The molecule has 1 amide bonds. The number of rotatable bonds is 4. The first-order valence-corrected chi connectivity index (χ1v) is 11.1. The molecule has 0 saturated heterocycles. The van der Waals surface area contributed by atoms with Gasteiger partial charge in [0.2, 0.25) is 0 Å². The standard InChI is InChI=1S/C30H24N2O/c33-30-29(21-20-24-12-4-1-5-13-24)31(22-25-14-6-2-7-15-25)27-18-10-11-19-28(27)32(30)23-26-16-8-3-9-17-26/h1-19,29H,22-23H2/t29-/m1/s1. The topological polar surface area (TPSA) is 23.6 Å². The largest absolute Gasteiger partial charge is 0.344 e. The first-order valence-electron chi connectivity index (χ1n) is 11.1. The molecule has 0 bridgehead atoms. The number of amides is 1. The lowest BCUT2D eigenvalue weighted by Gasteiger charge is -2.41. The number of fused-ring (bicyclic) bond motifs is 1. The van der Waals surface area contributed by atoms with Crippen LogP contribution in [0.2, 0.25) is 0 Å². The van der Waals surface area contributed by atoms with E-state index in [-0.39, 0.29) is 5.91 Å². The Hall–Kier alpha value is -4.29. The van der Waals surface area contributed by atoms with Crippen LogP contribution in [0, 0.1) is 11.8 Å². The molecule has 0 unspecified atom stereocenters. The Labute approximate surface area is 194 Å². The van der Waals surface area contributed by atoms with Gasteiger partial charge < -0.3 is 9.80 Å². The summed E-state index contributed by atoms with van der Waals surface area (Å²) in [7, 11) is 0. The highest BCUT2D eigenvalue weighted by Gasteiger charge is 2.37. The van der Waals surface area contributed by atoms with Crippen LogP contribution in [-0.2, 0) is 17.9 Å². The van der Waals surface area contributed by atoms with E-state index < -0.39 is 6.04 Å². The molecule has 5 rings (SSSR count). The Morgan fingerprint density at radius 3 is 1.76 bits per heavy atom. The van der Waals surface area contributed by atoms with Crippen LogP contribution in [0.5, 0.6) is 0 Å². The van der Waals surface area contributed by atoms with Gasteiger partial charge in [-0.1, -0.05) is 103 Å². The molecule has 3 nitrogen and oxygen atoms in total. The molecule has 1 aliphatic heterocycles. The number of nitrogens with zero attached hydrogens (tertiary/aromatic N) is 2. The summed E-state index contributed by atoms with van der Waals surface area (Å²) < 4.78 is 0. The minimum atomic E-state index is -0.580. The molecule has 1 aliphatic rings. The van der Waals surface area contributed by atoms with E-state index in [0.29, 0.717) is 13.1 Å². The lowest BCUT2D eigenvalue weighted by molar-refractivity contribution is -0.119. The van der Waals surface area contributed by atoms with E-state index in [1.807, 2.05) is 89.8 Å². The highest BCUT2D eigenvalue weighted by atomic mass is 16.2. The summed E-state index contributed by atoms with van der Waals surface area (Å²) >= 11 is 0. The zero-order valence-electron chi connectivity index (χ0n) is 18.3. The third-order valence-electron chi connectivity index (χ3n) is 5.80. The molecule has 0 fully saturated rings. The zero-order valence-corrected chi connectivity index (χ0v) is 18.3. The van der Waals surface area contributed by atoms with Crippen molar-refractivity contribution in [2.24, 2.45) is 0 Å². The van der Waals surface area contributed by atoms with Crippen LogP contribution in [0.25, 0.3) is 0 Å². The molecule has 0 aromatic heterocycles. The fraction of sp³-hybridized carbons (Fsp3) is 0.100. The maximum absolute atomic E-state index is 13.9. The van der Waals surface area contributed by atoms with Crippen LogP contribution in [0.15, 0.2) is 115 Å². The van der Waals surface area contributed by atoms with Crippen molar-refractivity contribution < 1.29 is 4.79 Å². The van der Waals surface area contributed by atoms with Gasteiger partial charge in [0.05, 0.1) is 17.9 Å². The molecular weight excluding hydrogens is 404 g/mol. The van der Waals surface area contributed by atoms with E-state index >= 15 is 0 Å². The summed E-state index contributed by atoms with van der Waals surface area (Å²) in [5, 5.41) is 0. The van der Waals surface area contributed by atoms with Crippen LogP contribution >= 0.6 is 0 Å². The molecule has 0 spiro atoms. The number of carbonyl (C=O) groups excluding carboxylic acids is 1. The van der Waals surface area contributed by atoms with Gasteiger partial charge in [0.1, 0.15) is 0 Å². The van der Waals surface area contributed by atoms with Gasteiger partial charge >= 0.3 is 0 Å². The van der Waals surface area contributed by atoms with Crippen LogP contribution in [-0.4, -0.2) is 11.9 Å². The van der Waals surface area contributed by atoms with Crippen molar-refractivity contribution in [3.05, 3.63) is 132 Å². The van der Waals surface area contributed by atoms with Crippen molar-refractivity contribution in [1.82, 2.24) is 0 Å². The van der Waals surface area contributed by atoms with Crippen LogP contribution < -0.4 is 9.80 Å². The van der Waals surface area contributed by atoms with Gasteiger partial charge in [0.15, 0.2) is 6.04 Å². The van der Waals surface area contributed by atoms with Gasteiger partial charge in [-0.2, -0.15) is 0 Å². The minimum Gasteiger partial charge on any atom is -0.344 e. The van der Waals surface area contributed by atoms with Gasteiger partial charge in [0, 0.05) is 12.1 Å². The predicted octanol–water partition coefficient (Wildman–Crippen LogP) is 5.66. The van der Waals surface area contributed by atoms with E-state index in [4.69, 9.17) is 0 Å². The smallest absolute Gasteiger partial charge is 0.262 e. The first-order chi connectivity index (χ1) is 16.3. The monoisotopic (exact) mass is 428 g/mol. The van der Waals surface area contributed by atoms with Crippen molar-refractivity contribution in [2.45, 2.75) is 19.1 Å². The number of benzene rings is 4. The number of anilines is 2. The minimum absolute atomic E-state index is 0.00286. The summed E-state index contributed by atoms with van der Waals surface area (Å²) in [6, 6.07) is 37.7. The molecule has 1 atom stereocenters. The fourth-order valence-electron chi connectivity index (χ4n) is 4.17. The molecule has 0 N–H and O–H groups in total. The molecule has 0 radical (unpaired) electrons. The van der Waals surface area contributed by atoms with Crippen molar-refractivity contribution >= 4 is 17.3 Å². The first kappa shape index (κ1) is 20.6. The maximum atomic E-state index is 13.9. The van der Waals surface area contributed by atoms with Crippen molar-refractivity contribution in [3.8, 4) is 11.8 Å². The molecule has 0 saturated carbocycles. The highest BCUT2D eigenvalue weighted by Crippen LogP contribution is 2.37. The molecule has 0 aliphatic carbocycles. The molecule has 3 heteroatoms. The Kier molecular flexibility index (Phi) is 5.91. The Bertz CT molecular complexity index is 1290. The highest BCUT2D eigenvalue weighted by molar-refractivity contribution is 6.07. The van der Waals surface area contributed by atoms with Gasteiger partial charge in [-0.25, -0.2) is 0 Å². The molecular formula is C30H24N2O. The number of hydrogen-bond donors (Lipinski definition) is 0. The molecule has 4 aromatic carbocycles. The van der Waals surface area contributed by atoms with E-state index in [2.05, 4.69) is 47.1 Å². The summed E-state index contributed by atoms with van der Waals surface area (Å²) in [5.74, 6) is 6.53. The van der Waals surface area contributed by atoms with Gasteiger partial charge in [-0.15, -0.1) is 0 Å². The van der Waals surface area contributed by atoms with Crippen LogP contribution in [0.1, 0.15) is 16.7 Å². The molecule has 33 heavy (non-hydrogen) atoms. The third-order valence-corrected chi connectivity index (χ3v) is 5.80. The van der Waals surface area contributed by atoms with Gasteiger partial charge in [-0.05, 0) is 35.4 Å². The Morgan fingerprint density at radius 2 is 1.12 bits per heavy atom. The second-order valence-corrected chi connectivity index (χ2v) is 8.05. The number of carbonyl (C=O) groups is 1. The van der Waals surface area contributed by atoms with Crippen molar-refractivity contribution in [2.75, 3.05) is 9.80 Å². The maximum Gasteiger partial charge on any atom is 0.262 e. The summed E-state index contributed by atoms with van der Waals surface area (Å²) in [5.41, 5.74) is 5.07. The van der Waals surface area contributed by atoms with Crippen molar-refractivity contribution in [1.29, 1.82) is 0 Å². The van der Waals surface area contributed by atoms with Crippen LogP contribution in [0.4, 0.5) is 11.4 Å². The van der Waals surface area contributed by atoms with E-state index in [9.17, 15) is 4.79 Å². The average Bonchev–Trinajstić information content (AvgIpc) is 2.88. The normalized spacial score (nSPS) is 14.9. The average molecular weight is 429 g/mol. The third kappa shape index (κ3) is 4.51. The lowest BCUT2D eigenvalue weighted by Crippen LogP contribution is -2.52. The second kappa shape index (κ2) is 9.46. The molecule has 1 heterocycles. The lowest BCUT2D eigenvalue weighted by atomic mass is 10.0. The number of para-hydroxylation sites is 2. The number of hydrogen-bond acceptors (Lipinski definition) is 2. The van der Waals surface area contributed by atoms with Crippen molar-refractivity contribution in [3.63, 3.8) is 0 Å². The zero-order chi connectivity index (χ0) is 22.5. The quantitative estimate of drug-likeness (QED) is 0.392. The molecule has 160 valence electrons. The summed E-state index contributed by atoms with van der Waals surface area (Å²) in [4.78, 5) is 17.9. The van der Waals surface area contributed by atoms with Gasteiger partial charge in [-0.3, -0.25) is 4.79 Å². The van der Waals surface area contributed by atoms with Gasteiger partial charge in [0.25, 0.3) is 5.91 Å². The van der Waals surface area contributed by atoms with E-state index in [1.54, 1.807) is 0 Å². The van der Waals surface area contributed by atoms with E-state index in [0.717, 1.165) is 28.1 Å². The summed E-state index contributed by atoms with van der Waals surface area (Å²) in [6.07, 6.45) is 0. The summed E-state index contributed by atoms with van der Waals surface area (Å²) in [6.45, 7) is 1.12. The molecule has 4 aromatic rings. The predicted molar refractivity (Wildman–Crippen MR) is 134 cm³/mol. The van der Waals surface area contributed by atoms with Crippen LogP contribution in [0.3, 0.4) is 0 Å². The second-order valence-electron chi connectivity index (χ2n) is 8.05. The fourth-order valence-corrected chi connectivity index (χ4v) is 4.17. The Balaban J connectivity index is 1.59.